The Morgan fingerprint density at radius 3 is 2.77 bits per heavy atom. The van der Waals surface area contributed by atoms with E-state index in [9.17, 15) is 9.18 Å². The molecule has 2 aromatic rings. The zero-order valence-corrected chi connectivity index (χ0v) is 15.7. The van der Waals surface area contributed by atoms with Gasteiger partial charge in [-0.2, -0.15) is 4.39 Å². The van der Waals surface area contributed by atoms with Gasteiger partial charge in [-0.15, -0.1) is 0 Å². The minimum atomic E-state index is -0.219. The van der Waals surface area contributed by atoms with Crippen LogP contribution in [0.1, 0.15) is 31.9 Å². The number of aromatic amines is 1. The molecule has 0 spiro atoms. The van der Waals surface area contributed by atoms with Gasteiger partial charge in [0.05, 0.1) is 5.92 Å². The van der Waals surface area contributed by atoms with E-state index in [0.717, 1.165) is 41.7 Å². The lowest BCUT2D eigenvalue weighted by atomic mass is 9.79. The molecule has 5 heteroatoms. The highest BCUT2D eigenvalue weighted by molar-refractivity contribution is 5.99. The number of carbonyl (C=O) groups excluding carboxylic acids is 1. The molecule has 1 aromatic heterocycles. The van der Waals surface area contributed by atoms with Gasteiger partial charge in [-0.3, -0.25) is 9.69 Å². The van der Waals surface area contributed by atoms with Gasteiger partial charge in [0, 0.05) is 42.1 Å². The van der Waals surface area contributed by atoms with Crippen LogP contribution in [0.25, 0.3) is 16.5 Å². The first kappa shape index (κ1) is 17.3. The lowest BCUT2D eigenvalue weighted by molar-refractivity contribution is -0.134. The van der Waals surface area contributed by atoms with E-state index in [1.807, 2.05) is 30.9 Å². The summed E-state index contributed by atoms with van der Waals surface area (Å²) in [7, 11) is 0. The third kappa shape index (κ3) is 2.49. The van der Waals surface area contributed by atoms with E-state index in [2.05, 4.69) is 29.0 Å². The second kappa shape index (κ2) is 6.54. The molecule has 2 unspecified atom stereocenters. The molecule has 4 nitrogen and oxygen atoms in total. The molecule has 4 rings (SSSR count). The summed E-state index contributed by atoms with van der Waals surface area (Å²) in [5, 5.41) is 0.986. The van der Waals surface area contributed by atoms with Crippen molar-refractivity contribution in [3.8, 4) is 0 Å². The highest BCUT2D eigenvalue weighted by atomic mass is 19.1. The van der Waals surface area contributed by atoms with Crippen LogP contribution in [0.5, 0.6) is 0 Å². The predicted octanol–water partition coefficient (Wildman–Crippen LogP) is 3.44. The van der Waals surface area contributed by atoms with Crippen LogP contribution in [0.3, 0.4) is 0 Å². The highest BCUT2D eigenvalue weighted by Crippen LogP contribution is 2.42. The number of benzene rings is 1. The topological polar surface area (TPSA) is 39.3 Å². The van der Waals surface area contributed by atoms with Crippen LogP contribution in [-0.4, -0.2) is 52.9 Å². The van der Waals surface area contributed by atoms with Crippen LogP contribution in [0.2, 0.25) is 0 Å². The SMILES string of the molecule is CCN(CC)C(=O)C1C=C2c3cccc4[nH]c(F)c(c34)CC2N(CC)C1. The first-order chi connectivity index (χ1) is 12.6. The molecule has 138 valence electrons. The third-order valence-electron chi connectivity index (χ3n) is 5.99. The number of hydrogen-bond acceptors (Lipinski definition) is 2. The van der Waals surface area contributed by atoms with Gasteiger partial charge in [0.25, 0.3) is 0 Å². The van der Waals surface area contributed by atoms with Crippen LogP contribution in [0.4, 0.5) is 4.39 Å². The number of hydrogen-bond donors (Lipinski definition) is 1. The molecule has 0 bridgehead atoms. The van der Waals surface area contributed by atoms with E-state index in [1.54, 1.807) is 0 Å². The zero-order valence-electron chi connectivity index (χ0n) is 15.7. The monoisotopic (exact) mass is 355 g/mol. The molecule has 0 fully saturated rings. The normalized spacial score (nSPS) is 22.2. The van der Waals surface area contributed by atoms with Gasteiger partial charge in [0.1, 0.15) is 0 Å². The number of likely N-dealkylation sites (N-methyl/N-ethyl adjacent to an activating group) is 1. The summed E-state index contributed by atoms with van der Waals surface area (Å²) in [6.45, 7) is 9.17. The Hall–Kier alpha value is -2.14. The Morgan fingerprint density at radius 1 is 1.31 bits per heavy atom. The Balaban J connectivity index is 1.84. The Kier molecular flexibility index (Phi) is 4.35. The summed E-state index contributed by atoms with van der Waals surface area (Å²) in [6, 6.07) is 6.09. The average molecular weight is 355 g/mol. The summed E-state index contributed by atoms with van der Waals surface area (Å²) >= 11 is 0. The Labute approximate surface area is 153 Å². The van der Waals surface area contributed by atoms with E-state index in [-0.39, 0.29) is 23.8 Å². The summed E-state index contributed by atoms with van der Waals surface area (Å²) < 4.78 is 14.5. The first-order valence-corrected chi connectivity index (χ1v) is 9.62. The van der Waals surface area contributed by atoms with Gasteiger partial charge in [-0.05, 0) is 44.0 Å². The third-order valence-corrected chi connectivity index (χ3v) is 5.99. The van der Waals surface area contributed by atoms with Crippen molar-refractivity contribution < 1.29 is 9.18 Å². The van der Waals surface area contributed by atoms with E-state index in [0.29, 0.717) is 13.0 Å². The molecule has 0 saturated heterocycles. The number of nitrogens with one attached hydrogen (secondary N) is 1. The summed E-state index contributed by atoms with van der Waals surface area (Å²) in [5.41, 5.74) is 3.88. The molecule has 1 aliphatic carbocycles. The maximum Gasteiger partial charge on any atom is 0.230 e. The van der Waals surface area contributed by atoms with Crippen molar-refractivity contribution in [3.63, 3.8) is 0 Å². The molecule has 1 aliphatic heterocycles. The first-order valence-electron chi connectivity index (χ1n) is 9.62. The van der Waals surface area contributed by atoms with Crippen LogP contribution < -0.4 is 0 Å². The summed E-state index contributed by atoms with van der Waals surface area (Å²) in [4.78, 5) is 20.1. The van der Waals surface area contributed by atoms with E-state index >= 15 is 0 Å². The van der Waals surface area contributed by atoms with Crippen molar-refractivity contribution >= 4 is 22.4 Å². The molecule has 2 atom stereocenters. The number of H-pyrrole nitrogens is 1. The van der Waals surface area contributed by atoms with Crippen LogP contribution in [0.15, 0.2) is 24.3 Å². The van der Waals surface area contributed by atoms with Crippen LogP contribution in [-0.2, 0) is 11.2 Å². The van der Waals surface area contributed by atoms with Crippen molar-refractivity contribution in [1.29, 1.82) is 0 Å². The zero-order chi connectivity index (χ0) is 18.4. The molecule has 0 saturated carbocycles. The van der Waals surface area contributed by atoms with Gasteiger partial charge >= 0.3 is 0 Å². The fourth-order valence-electron chi connectivity index (χ4n) is 4.64. The van der Waals surface area contributed by atoms with Crippen LogP contribution in [0, 0.1) is 11.9 Å². The standard InChI is InChI=1S/C21H26FN3O/c1-4-24(5-2)21(26)13-10-15-14-8-7-9-17-19(14)16(20(22)23-17)11-18(15)25(6-3)12-13/h7-10,13,18,23H,4-6,11-12H2,1-3H3. The fourth-order valence-corrected chi connectivity index (χ4v) is 4.64. The minimum absolute atomic E-state index is 0.137. The van der Waals surface area contributed by atoms with Crippen molar-refractivity contribution in [1.82, 2.24) is 14.8 Å². The van der Waals surface area contributed by atoms with Gasteiger partial charge < -0.3 is 9.88 Å². The number of halogens is 1. The average Bonchev–Trinajstić information content (AvgIpc) is 2.99. The smallest absolute Gasteiger partial charge is 0.230 e. The van der Waals surface area contributed by atoms with Gasteiger partial charge in [-0.25, -0.2) is 0 Å². The Bertz CT molecular complexity index is 881. The number of nitrogens with zero attached hydrogens (tertiary/aromatic N) is 2. The second-order valence-electron chi connectivity index (χ2n) is 7.19. The van der Waals surface area contributed by atoms with E-state index < -0.39 is 0 Å². The Morgan fingerprint density at radius 2 is 2.08 bits per heavy atom. The maximum absolute atomic E-state index is 14.5. The van der Waals surface area contributed by atoms with Crippen molar-refractivity contribution in [2.75, 3.05) is 26.2 Å². The second-order valence-corrected chi connectivity index (χ2v) is 7.19. The molecule has 1 aromatic carbocycles. The largest absolute Gasteiger partial charge is 0.343 e. The van der Waals surface area contributed by atoms with Gasteiger partial charge in [0.15, 0.2) is 5.95 Å². The lowest BCUT2D eigenvalue weighted by Crippen LogP contribution is -2.49. The molecule has 26 heavy (non-hydrogen) atoms. The maximum atomic E-state index is 14.5. The molecule has 2 aliphatic rings. The van der Waals surface area contributed by atoms with Gasteiger partial charge in [-0.1, -0.05) is 25.1 Å². The molecule has 1 N–H and O–H groups in total. The molecule has 1 amide bonds. The quantitative estimate of drug-likeness (QED) is 0.913. The number of carbonyl (C=O) groups is 1. The number of aromatic nitrogens is 1. The van der Waals surface area contributed by atoms with Crippen molar-refractivity contribution in [2.24, 2.45) is 5.92 Å². The molecular formula is C21H26FN3O. The lowest BCUT2D eigenvalue weighted by Gasteiger charge is -2.41. The van der Waals surface area contributed by atoms with Crippen molar-refractivity contribution in [2.45, 2.75) is 33.2 Å². The predicted molar refractivity (Wildman–Crippen MR) is 102 cm³/mol. The molecule has 2 heterocycles. The highest BCUT2D eigenvalue weighted by Gasteiger charge is 2.38. The van der Waals surface area contributed by atoms with E-state index in [4.69, 9.17) is 0 Å². The number of amides is 1. The summed E-state index contributed by atoms with van der Waals surface area (Å²) in [6.07, 6.45) is 2.81. The van der Waals surface area contributed by atoms with Crippen LogP contribution >= 0.6 is 0 Å². The number of rotatable bonds is 4. The number of fused-ring (bicyclic) bond motifs is 2. The minimum Gasteiger partial charge on any atom is -0.343 e. The van der Waals surface area contributed by atoms with Crippen molar-refractivity contribution in [3.05, 3.63) is 41.3 Å². The molecular weight excluding hydrogens is 329 g/mol. The van der Waals surface area contributed by atoms with Gasteiger partial charge in [0.2, 0.25) is 5.91 Å². The fraction of sp³-hybridized carbons (Fsp3) is 0.476. The van der Waals surface area contributed by atoms with E-state index in [1.165, 1.54) is 5.57 Å². The summed E-state index contributed by atoms with van der Waals surface area (Å²) in [5.74, 6) is -0.164. The molecule has 0 radical (unpaired) electrons.